The maximum Gasteiger partial charge on any atom is 0.237 e. The summed E-state index contributed by atoms with van der Waals surface area (Å²) in [5.41, 5.74) is 1.96. The molecule has 3 saturated carbocycles. The molecule has 190 valence electrons. The van der Waals surface area contributed by atoms with Gasteiger partial charge >= 0.3 is 0 Å². The zero-order valence-corrected chi connectivity index (χ0v) is 22.2. The first-order valence-electron chi connectivity index (χ1n) is 13.0. The molecule has 3 aliphatic carbocycles. The minimum Gasteiger partial charge on any atom is -0.354 e. The molecule has 7 heteroatoms. The van der Waals surface area contributed by atoms with Crippen LogP contribution in [0.3, 0.4) is 0 Å². The van der Waals surface area contributed by atoms with Gasteiger partial charge in [0.15, 0.2) is 0 Å². The smallest absolute Gasteiger partial charge is 0.237 e. The Bertz CT molecular complexity index is 1100. The van der Waals surface area contributed by atoms with Gasteiger partial charge < -0.3 is 5.32 Å². The summed E-state index contributed by atoms with van der Waals surface area (Å²) < 4.78 is 16.3. The lowest BCUT2D eigenvalue weighted by atomic mass is 9.45. The quantitative estimate of drug-likeness (QED) is 0.545. The van der Waals surface area contributed by atoms with E-state index in [2.05, 4.69) is 45.3 Å². The Kier molecular flexibility index (Phi) is 6.28. The first-order valence-corrected chi connectivity index (χ1v) is 13.4. The fourth-order valence-electron chi connectivity index (χ4n) is 6.77. The largest absolute Gasteiger partial charge is 0.354 e. The number of nitrogens with zero attached hydrogens (tertiary/aromatic N) is 2. The van der Waals surface area contributed by atoms with Gasteiger partial charge in [0, 0.05) is 24.7 Å². The van der Waals surface area contributed by atoms with Crippen LogP contribution >= 0.6 is 11.6 Å². The molecule has 2 N–H and O–H groups in total. The Morgan fingerprint density at radius 3 is 2.66 bits per heavy atom. The van der Waals surface area contributed by atoms with Crippen LogP contribution in [0, 0.1) is 29.0 Å². The van der Waals surface area contributed by atoms with Crippen LogP contribution in [0.4, 0.5) is 4.39 Å². The SMILES string of the molecule is CC1(C)C2CC[C@@H](CNC(=O)[C@@H]3CC(c4ccn(C(C)(C)C)n4)[C@H](c4ccc(Cl)c(F)c4)N3)C1C2. The molecule has 1 saturated heterocycles. The topological polar surface area (TPSA) is 59.0 Å². The molecule has 2 heterocycles. The Morgan fingerprint density at radius 2 is 2.03 bits per heavy atom. The van der Waals surface area contributed by atoms with Crippen molar-refractivity contribution in [2.45, 2.75) is 83.8 Å². The van der Waals surface area contributed by atoms with E-state index in [1.54, 1.807) is 6.07 Å². The van der Waals surface area contributed by atoms with Crippen LogP contribution < -0.4 is 10.6 Å². The van der Waals surface area contributed by atoms with Crippen LogP contribution in [0.5, 0.6) is 0 Å². The Balaban J connectivity index is 1.33. The number of hydrogen-bond donors (Lipinski definition) is 2. The van der Waals surface area contributed by atoms with Crippen molar-refractivity contribution in [1.29, 1.82) is 0 Å². The van der Waals surface area contributed by atoms with Gasteiger partial charge in [-0.2, -0.15) is 5.10 Å². The first-order chi connectivity index (χ1) is 16.4. The fraction of sp³-hybridized carbons (Fsp3) is 0.643. The Morgan fingerprint density at radius 1 is 1.26 bits per heavy atom. The molecule has 4 fully saturated rings. The van der Waals surface area contributed by atoms with E-state index in [0.29, 0.717) is 23.7 Å². The number of amides is 1. The summed E-state index contributed by atoms with van der Waals surface area (Å²) in [7, 11) is 0. The predicted octanol–water partition coefficient (Wildman–Crippen LogP) is 5.81. The second-order valence-corrected chi connectivity index (χ2v) is 12.9. The normalized spacial score (nSPS) is 31.7. The maximum atomic E-state index is 14.3. The van der Waals surface area contributed by atoms with Crippen molar-refractivity contribution in [3.05, 3.63) is 52.6 Å². The molecular weight excluding hydrogens is 463 g/mol. The van der Waals surface area contributed by atoms with Gasteiger partial charge in [-0.05, 0) is 93.4 Å². The summed E-state index contributed by atoms with van der Waals surface area (Å²) in [6, 6.07) is 6.35. The Labute approximate surface area is 213 Å². The highest BCUT2D eigenvalue weighted by Gasteiger charge is 2.54. The summed E-state index contributed by atoms with van der Waals surface area (Å²) in [6.45, 7) is 11.8. The highest BCUT2D eigenvalue weighted by atomic mass is 35.5. The molecule has 5 nitrogen and oxygen atoms in total. The molecule has 1 aromatic carbocycles. The summed E-state index contributed by atoms with van der Waals surface area (Å²) >= 11 is 5.95. The molecule has 1 amide bonds. The third-order valence-corrected chi connectivity index (χ3v) is 9.42. The molecule has 6 rings (SSSR count). The van der Waals surface area contributed by atoms with Gasteiger partial charge in [-0.15, -0.1) is 0 Å². The number of hydrogen-bond acceptors (Lipinski definition) is 3. The molecule has 35 heavy (non-hydrogen) atoms. The van der Waals surface area contributed by atoms with E-state index in [9.17, 15) is 9.18 Å². The molecule has 4 aliphatic rings. The van der Waals surface area contributed by atoms with Crippen LogP contribution in [0.1, 0.15) is 83.5 Å². The lowest BCUT2D eigenvalue weighted by molar-refractivity contribution is -0.126. The molecule has 6 atom stereocenters. The van der Waals surface area contributed by atoms with Gasteiger partial charge in [-0.3, -0.25) is 14.8 Å². The van der Waals surface area contributed by atoms with Gasteiger partial charge in [-0.25, -0.2) is 4.39 Å². The van der Waals surface area contributed by atoms with E-state index in [-0.39, 0.29) is 34.5 Å². The van der Waals surface area contributed by atoms with E-state index in [1.165, 1.54) is 25.3 Å². The van der Waals surface area contributed by atoms with E-state index in [1.807, 2.05) is 23.0 Å². The van der Waals surface area contributed by atoms with Gasteiger partial charge in [0.25, 0.3) is 0 Å². The average Bonchev–Trinajstić information content (AvgIpc) is 3.47. The molecule has 1 aliphatic heterocycles. The molecule has 0 spiro atoms. The van der Waals surface area contributed by atoms with Gasteiger partial charge in [-0.1, -0.05) is 31.5 Å². The third-order valence-electron chi connectivity index (χ3n) is 9.11. The summed E-state index contributed by atoms with van der Waals surface area (Å²) in [5.74, 6) is 1.65. The molecule has 1 aromatic heterocycles. The van der Waals surface area contributed by atoms with E-state index >= 15 is 0 Å². The zero-order valence-electron chi connectivity index (χ0n) is 21.4. The van der Waals surface area contributed by atoms with Crippen molar-refractivity contribution >= 4 is 17.5 Å². The van der Waals surface area contributed by atoms with Crippen molar-refractivity contribution in [1.82, 2.24) is 20.4 Å². The Hall–Kier alpha value is -1.92. The number of carbonyl (C=O) groups excluding carboxylic acids is 1. The predicted molar refractivity (Wildman–Crippen MR) is 137 cm³/mol. The molecule has 2 aromatic rings. The summed E-state index contributed by atoms with van der Waals surface area (Å²) in [5, 5.41) is 11.7. The number of fused-ring (bicyclic) bond motifs is 2. The van der Waals surface area contributed by atoms with Crippen LogP contribution in [0.25, 0.3) is 0 Å². The minimum absolute atomic E-state index is 0.0291. The standard InChI is InChI=1S/C28H38ClFN4O/c1-27(2,3)34-11-10-23(33-34)19-14-24(32-25(19)16-7-9-21(29)22(30)12-16)26(35)31-15-17-6-8-18-13-20(17)28(18,4)5/h7,9-12,17-20,24-25,32H,6,8,13-15H2,1-5H3,(H,31,35)/t17-,18?,19?,20?,24-,25-/m0/s1. The summed E-state index contributed by atoms with van der Waals surface area (Å²) in [6.07, 6.45) is 6.38. The third kappa shape index (κ3) is 4.53. The number of carbonyl (C=O) groups is 1. The fourth-order valence-corrected chi connectivity index (χ4v) is 6.89. The molecule has 0 radical (unpaired) electrons. The van der Waals surface area contributed by atoms with Crippen LogP contribution in [-0.4, -0.2) is 28.3 Å². The van der Waals surface area contributed by atoms with E-state index in [4.69, 9.17) is 16.7 Å². The maximum absolute atomic E-state index is 14.3. The summed E-state index contributed by atoms with van der Waals surface area (Å²) in [4.78, 5) is 13.3. The number of rotatable bonds is 5. The van der Waals surface area contributed by atoms with Crippen molar-refractivity contribution < 1.29 is 9.18 Å². The second kappa shape index (κ2) is 8.88. The first kappa shape index (κ1) is 24.8. The monoisotopic (exact) mass is 500 g/mol. The van der Waals surface area contributed by atoms with Gasteiger partial charge in [0.05, 0.1) is 22.3 Å². The number of nitrogens with one attached hydrogen (secondary N) is 2. The zero-order chi connectivity index (χ0) is 25.1. The highest BCUT2D eigenvalue weighted by Crippen LogP contribution is 2.61. The van der Waals surface area contributed by atoms with Crippen LogP contribution in [0.15, 0.2) is 30.5 Å². The second-order valence-electron chi connectivity index (χ2n) is 12.5. The number of aromatic nitrogens is 2. The number of benzene rings is 1. The number of halogens is 2. The molecule has 2 bridgehead atoms. The van der Waals surface area contributed by atoms with E-state index in [0.717, 1.165) is 23.7 Å². The van der Waals surface area contributed by atoms with Crippen molar-refractivity contribution in [2.75, 3.05) is 6.54 Å². The molecule has 3 unspecified atom stereocenters. The van der Waals surface area contributed by atoms with Crippen LogP contribution in [-0.2, 0) is 10.3 Å². The lowest BCUT2D eigenvalue weighted by Gasteiger charge is -2.60. The lowest BCUT2D eigenvalue weighted by Crippen LogP contribution is -2.55. The van der Waals surface area contributed by atoms with E-state index < -0.39 is 5.82 Å². The average molecular weight is 501 g/mol. The van der Waals surface area contributed by atoms with Gasteiger partial charge in [0.2, 0.25) is 5.91 Å². The van der Waals surface area contributed by atoms with Crippen molar-refractivity contribution in [2.24, 2.45) is 23.2 Å². The highest BCUT2D eigenvalue weighted by molar-refractivity contribution is 6.30. The van der Waals surface area contributed by atoms with Crippen molar-refractivity contribution in [3.63, 3.8) is 0 Å². The van der Waals surface area contributed by atoms with Gasteiger partial charge in [0.1, 0.15) is 5.82 Å². The van der Waals surface area contributed by atoms with Crippen molar-refractivity contribution in [3.8, 4) is 0 Å². The van der Waals surface area contributed by atoms with Crippen LogP contribution in [0.2, 0.25) is 5.02 Å². The molecular formula is C28H38ClFN4O. The minimum atomic E-state index is -0.448.